The molecule has 0 radical (unpaired) electrons. The first-order chi connectivity index (χ1) is 7.66. The summed E-state index contributed by atoms with van der Waals surface area (Å²) in [5.41, 5.74) is 5.25. The predicted octanol–water partition coefficient (Wildman–Crippen LogP) is 1.76. The minimum atomic E-state index is -0.124. The topological polar surface area (TPSA) is 46.3 Å². The summed E-state index contributed by atoms with van der Waals surface area (Å²) in [7, 11) is 2.26. The Balaban J connectivity index is 1.78. The van der Waals surface area contributed by atoms with Crippen molar-refractivity contribution in [1.29, 1.82) is 0 Å². The Labute approximate surface area is 98.4 Å². The van der Waals surface area contributed by atoms with E-state index in [2.05, 4.69) is 11.9 Å². The molecule has 2 N–H and O–H groups in total. The van der Waals surface area contributed by atoms with E-state index in [-0.39, 0.29) is 5.91 Å². The second kappa shape index (κ2) is 5.17. The Hall–Kier alpha value is -0.570. The molecule has 1 aliphatic carbocycles. The van der Waals surface area contributed by atoms with Gasteiger partial charge in [-0.2, -0.15) is 0 Å². The number of hydrogen-bond acceptors (Lipinski definition) is 2. The van der Waals surface area contributed by atoms with Gasteiger partial charge in [-0.15, -0.1) is 0 Å². The maximum atomic E-state index is 10.9. The van der Waals surface area contributed by atoms with Gasteiger partial charge in [-0.1, -0.05) is 0 Å². The van der Waals surface area contributed by atoms with Crippen LogP contribution >= 0.6 is 0 Å². The molecule has 1 heterocycles. The monoisotopic (exact) mass is 224 g/mol. The van der Waals surface area contributed by atoms with Crippen molar-refractivity contribution in [2.24, 2.45) is 17.6 Å². The lowest BCUT2D eigenvalue weighted by Gasteiger charge is -2.34. The maximum Gasteiger partial charge on any atom is 0.217 e. The fourth-order valence-corrected chi connectivity index (χ4v) is 3.59. The van der Waals surface area contributed by atoms with Gasteiger partial charge < -0.3 is 10.6 Å². The Morgan fingerprint density at radius 2 is 1.94 bits per heavy atom. The lowest BCUT2D eigenvalue weighted by atomic mass is 9.77. The van der Waals surface area contributed by atoms with Crippen LogP contribution in [0.4, 0.5) is 0 Å². The number of carbonyl (C=O) groups excluding carboxylic acids is 1. The standard InChI is InChI=1S/C13H24N2O/c1-15-8-2-3-12(15)11-6-4-10(5-7-11)9-13(14)16/h10-12H,2-9H2,1H3,(H2,14,16)/t10?,11?,12-/m1/s1. The minimum absolute atomic E-state index is 0.124. The molecule has 2 aliphatic rings. The van der Waals surface area contributed by atoms with E-state index >= 15 is 0 Å². The van der Waals surface area contributed by atoms with E-state index in [0.29, 0.717) is 12.3 Å². The molecule has 2 rings (SSSR count). The van der Waals surface area contributed by atoms with Gasteiger partial charge in [0.15, 0.2) is 0 Å². The molecular weight excluding hydrogens is 200 g/mol. The van der Waals surface area contributed by atoms with Crippen molar-refractivity contribution in [2.75, 3.05) is 13.6 Å². The van der Waals surface area contributed by atoms with Gasteiger partial charge in [0.25, 0.3) is 0 Å². The number of likely N-dealkylation sites (tertiary alicyclic amines) is 1. The van der Waals surface area contributed by atoms with E-state index in [9.17, 15) is 4.79 Å². The van der Waals surface area contributed by atoms with Crippen molar-refractivity contribution in [3.8, 4) is 0 Å². The number of rotatable bonds is 3. The van der Waals surface area contributed by atoms with Gasteiger partial charge in [-0.3, -0.25) is 4.79 Å². The van der Waals surface area contributed by atoms with Crippen molar-refractivity contribution >= 4 is 5.91 Å². The SMILES string of the molecule is CN1CCC[C@@H]1C1CCC(CC(N)=O)CC1. The van der Waals surface area contributed by atoms with E-state index in [4.69, 9.17) is 5.73 Å². The van der Waals surface area contributed by atoms with Crippen LogP contribution in [0.3, 0.4) is 0 Å². The number of hydrogen-bond donors (Lipinski definition) is 1. The Kier molecular flexibility index (Phi) is 3.85. The largest absolute Gasteiger partial charge is 0.370 e. The molecule has 1 aliphatic heterocycles. The Bertz CT molecular complexity index is 246. The lowest BCUT2D eigenvalue weighted by molar-refractivity contribution is -0.119. The summed E-state index contributed by atoms with van der Waals surface area (Å²) in [6, 6.07) is 0.814. The molecule has 0 spiro atoms. The molecule has 0 aromatic heterocycles. The number of primary amides is 1. The highest BCUT2D eigenvalue weighted by atomic mass is 16.1. The van der Waals surface area contributed by atoms with Crippen LogP contribution in [0, 0.1) is 11.8 Å². The summed E-state index contributed by atoms with van der Waals surface area (Å²) >= 11 is 0. The van der Waals surface area contributed by atoms with E-state index < -0.39 is 0 Å². The number of nitrogens with zero attached hydrogens (tertiary/aromatic N) is 1. The summed E-state index contributed by atoms with van der Waals surface area (Å²) in [5.74, 6) is 1.32. The van der Waals surface area contributed by atoms with E-state index in [1.54, 1.807) is 0 Å². The van der Waals surface area contributed by atoms with Crippen molar-refractivity contribution in [3.05, 3.63) is 0 Å². The smallest absolute Gasteiger partial charge is 0.217 e. The van der Waals surface area contributed by atoms with E-state index in [0.717, 1.165) is 12.0 Å². The fourth-order valence-electron chi connectivity index (χ4n) is 3.59. The summed E-state index contributed by atoms with van der Waals surface area (Å²) in [4.78, 5) is 13.4. The molecular formula is C13H24N2O. The maximum absolute atomic E-state index is 10.9. The van der Waals surface area contributed by atoms with Crippen molar-refractivity contribution in [3.63, 3.8) is 0 Å². The third-order valence-electron chi connectivity index (χ3n) is 4.50. The molecule has 2 fully saturated rings. The Morgan fingerprint density at radius 1 is 1.25 bits per heavy atom. The first kappa shape index (κ1) is 11.9. The average Bonchev–Trinajstić information content (AvgIpc) is 2.65. The predicted molar refractivity (Wildman–Crippen MR) is 64.9 cm³/mol. The van der Waals surface area contributed by atoms with Gasteiger partial charge in [-0.05, 0) is 64.0 Å². The van der Waals surface area contributed by atoms with Gasteiger partial charge in [0.1, 0.15) is 0 Å². The van der Waals surface area contributed by atoms with Crippen LogP contribution in [0.1, 0.15) is 44.9 Å². The summed E-state index contributed by atoms with van der Waals surface area (Å²) < 4.78 is 0. The van der Waals surface area contributed by atoms with Crippen molar-refractivity contribution < 1.29 is 4.79 Å². The van der Waals surface area contributed by atoms with Gasteiger partial charge in [-0.25, -0.2) is 0 Å². The third kappa shape index (κ3) is 2.76. The molecule has 0 aromatic rings. The average molecular weight is 224 g/mol. The quantitative estimate of drug-likeness (QED) is 0.794. The summed E-state index contributed by atoms with van der Waals surface area (Å²) in [6.45, 7) is 1.27. The number of nitrogens with two attached hydrogens (primary N) is 1. The molecule has 1 saturated carbocycles. The molecule has 0 unspecified atom stereocenters. The highest BCUT2D eigenvalue weighted by molar-refractivity contribution is 5.73. The van der Waals surface area contributed by atoms with Crippen LogP contribution in [0.2, 0.25) is 0 Å². The first-order valence-electron chi connectivity index (χ1n) is 6.65. The zero-order chi connectivity index (χ0) is 11.5. The molecule has 1 saturated heterocycles. The zero-order valence-corrected chi connectivity index (χ0v) is 10.3. The van der Waals surface area contributed by atoms with Gasteiger partial charge in [0, 0.05) is 12.5 Å². The van der Waals surface area contributed by atoms with Gasteiger partial charge >= 0.3 is 0 Å². The van der Waals surface area contributed by atoms with Crippen LogP contribution in [-0.4, -0.2) is 30.4 Å². The molecule has 92 valence electrons. The third-order valence-corrected chi connectivity index (χ3v) is 4.50. The molecule has 3 nitrogen and oxygen atoms in total. The van der Waals surface area contributed by atoms with Crippen LogP contribution in [0.15, 0.2) is 0 Å². The first-order valence-corrected chi connectivity index (χ1v) is 6.65. The van der Waals surface area contributed by atoms with Gasteiger partial charge in [0.05, 0.1) is 0 Å². The van der Waals surface area contributed by atoms with Crippen molar-refractivity contribution in [2.45, 2.75) is 51.0 Å². The van der Waals surface area contributed by atoms with Crippen LogP contribution < -0.4 is 5.73 Å². The Morgan fingerprint density at radius 3 is 2.44 bits per heavy atom. The minimum Gasteiger partial charge on any atom is -0.370 e. The molecule has 3 heteroatoms. The highest BCUT2D eigenvalue weighted by Gasteiger charge is 2.32. The summed E-state index contributed by atoms with van der Waals surface area (Å²) in [5, 5.41) is 0. The molecule has 16 heavy (non-hydrogen) atoms. The number of carbonyl (C=O) groups is 1. The number of amides is 1. The summed E-state index contributed by atoms with van der Waals surface area (Å²) in [6.07, 6.45) is 8.35. The highest BCUT2D eigenvalue weighted by Crippen LogP contribution is 2.36. The second-order valence-corrected chi connectivity index (χ2v) is 5.64. The molecule has 0 aromatic carbocycles. The van der Waals surface area contributed by atoms with Gasteiger partial charge in [0.2, 0.25) is 5.91 Å². The van der Waals surface area contributed by atoms with Crippen LogP contribution in [-0.2, 0) is 4.79 Å². The second-order valence-electron chi connectivity index (χ2n) is 5.64. The zero-order valence-electron chi connectivity index (χ0n) is 10.3. The molecule has 0 bridgehead atoms. The normalized spacial score (nSPS) is 36.4. The fraction of sp³-hybridized carbons (Fsp3) is 0.923. The molecule has 1 amide bonds. The lowest BCUT2D eigenvalue weighted by Crippen LogP contribution is -2.35. The van der Waals surface area contributed by atoms with E-state index in [1.807, 2.05) is 0 Å². The molecule has 1 atom stereocenters. The van der Waals surface area contributed by atoms with Crippen LogP contribution in [0.5, 0.6) is 0 Å². The van der Waals surface area contributed by atoms with Crippen LogP contribution in [0.25, 0.3) is 0 Å². The van der Waals surface area contributed by atoms with E-state index in [1.165, 1.54) is 45.1 Å². The van der Waals surface area contributed by atoms with Crippen molar-refractivity contribution in [1.82, 2.24) is 4.90 Å².